The van der Waals surface area contributed by atoms with Crippen molar-refractivity contribution in [1.29, 1.82) is 5.26 Å². The molecule has 4 aromatic rings. The van der Waals surface area contributed by atoms with Crippen molar-refractivity contribution in [3.63, 3.8) is 0 Å². The maximum Gasteiger partial charge on any atom is 0.344 e. The Balaban J connectivity index is 1.78. The number of hydrogen-bond donors (Lipinski definition) is 1. The van der Waals surface area contributed by atoms with Gasteiger partial charge in [-0.1, -0.05) is 30.3 Å². The zero-order chi connectivity index (χ0) is 27.7. The van der Waals surface area contributed by atoms with Gasteiger partial charge in [0.1, 0.15) is 11.8 Å². The molecule has 0 aliphatic carbocycles. The lowest BCUT2D eigenvalue weighted by Crippen LogP contribution is -2.49. The van der Waals surface area contributed by atoms with Crippen LogP contribution in [0.1, 0.15) is 30.0 Å². The number of nitrogens with zero attached hydrogens (tertiary/aromatic N) is 4. The summed E-state index contributed by atoms with van der Waals surface area (Å²) in [5, 5.41) is 9.59. The highest BCUT2D eigenvalue weighted by Crippen LogP contribution is 2.29. The number of benzene rings is 3. The Bertz CT molecular complexity index is 1740. The van der Waals surface area contributed by atoms with Crippen LogP contribution in [0.15, 0.2) is 82.5 Å². The second kappa shape index (κ2) is 10.4. The van der Waals surface area contributed by atoms with Crippen molar-refractivity contribution in [2.45, 2.75) is 29.8 Å². The minimum absolute atomic E-state index is 0.0545. The fourth-order valence-corrected chi connectivity index (χ4v) is 6.41. The number of nitriles is 1. The first-order chi connectivity index (χ1) is 18.8. The van der Waals surface area contributed by atoms with Crippen LogP contribution in [0.4, 0.5) is 0 Å². The van der Waals surface area contributed by atoms with E-state index in [1.54, 1.807) is 35.2 Å². The molecular formula is C28H27N5O5S. The maximum atomic E-state index is 14.1. The van der Waals surface area contributed by atoms with Crippen molar-refractivity contribution in [3.8, 4) is 11.8 Å². The SMILES string of the molecule is COc1ccc(S(=O)(=O)n2c(=O)n(C(C(=O)N3CCCC(N)C3)c3ccccc3)c3cc(C#N)ccc32)cc1. The Morgan fingerprint density at radius 3 is 2.44 bits per heavy atom. The van der Waals surface area contributed by atoms with E-state index < -0.39 is 21.8 Å². The highest BCUT2D eigenvalue weighted by Gasteiger charge is 2.35. The molecule has 0 bridgehead atoms. The van der Waals surface area contributed by atoms with Gasteiger partial charge in [-0.05, 0) is 60.9 Å². The number of hydrogen-bond acceptors (Lipinski definition) is 7. The monoisotopic (exact) mass is 545 g/mol. The third-order valence-corrected chi connectivity index (χ3v) is 8.64. The van der Waals surface area contributed by atoms with E-state index in [9.17, 15) is 23.3 Å². The van der Waals surface area contributed by atoms with Crippen molar-refractivity contribution >= 4 is 27.0 Å². The van der Waals surface area contributed by atoms with E-state index in [0.29, 0.717) is 28.4 Å². The number of piperidine rings is 1. The smallest absolute Gasteiger partial charge is 0.344 e. The van der Waals surface area contributed by atoms with Gasteiger partial charge in [0, 0.05) is 19.1 Å². The lowest BCUT2D eigenvalue weighted by atomic mass is 10.0. The summed E-state index contributed by atoms with van der Waals surface area (Å²) in [6.45, 7) is 0.792. The molecule has 0 spiro atoms. The summed E-state index contributed by atoms with van der Waals surface area (Å²) in [5.41, 5.74) is 6.17. The van der Waals surface area contributed by atoms with Gasteiger partial charge < -0.3 is 15.4 Å². The van der Waals surface area contributed by atoms with Crippen LogP contribution in [-0.2, 0) is 14.8 Å². The molecule has 1 aromatic heterocycles. The van der Waals surface area contributed by atoms with Gasteiger partial charge >= 0.3 is 5.69 Å². The van der Waals surface area contributed by atoms with Crippen LogP contribution < -0.4 is 16.2 Å². The molecule has 2 heterocycles. The molecule has 11 heteroatoms. The second-order valence-electron chi connectivity index (χ2n) is 9.41. The van der Waals surface area contributed by atoms with Crippen molar-refractivity contribution in [3.05, 3.63) is 94.4 Å². The molecule has 5 rings (SSSR count). The first-order valence-electron chi connectivity index (χ1n) is 12.4. The predicted molar refractivity (Wildman–Crippen MR) is 145 cm³/mol. The Morgan fingerprint density at radius 2 is 1.79 bits per heavy atom. The van der Waals surface area contributed by atoms with Crippen LogP contribution in [0.5, 0.6) is 5.75 Å². The lowest BCUT2D eigenvalue weighted by Gasteiger charge is -2.34. The number of ether oxygens (including phenoxy) is 1. The van der Waals surface area contributed by atoms with Gasteiger partial charge in [0.05, 0.1) is 34.7 Å². The molecular weight excluding hydrogens is 518 g/mol. The van der Waals surface area contributed by atoms with Crippen LogP contribution >= 0.6 is 0 Å². The summed E-state index contributed by atoms with van der Waals surface area (Å²) in [4.78, 5) is 29.7. The number of rotatable bonds is 6. The summed E-state index contributed by atoms with van der Waals surface area (Å²) in [5.74, 6) is 0.0820. The van der Waals surface area contributed by atoms with E-state index in [2.05, 4.69) is 0 Å². The van der Waals surface area contributed by atoms with Gasteiger partial charge in [0.15, 0.2) is 0 Å². The molecule has 0 saturated carbocycles. The molecule has 39 heavy (non-hydrogen) atoms. The number of likely N-dealkylation sites (tertiary alicyclic amines) is 1. The summed E-state index contributed by atoms with van der Waals surface area (Å²) < 4.78 is 34.7. The molecule has 1 amide bonds. The van der Waals surface area contributed by atoms with Gasteiger partial charge in [0.2, 0.25) is 0 Å². The zero-order valence-electron chi connectivity index (χ0n) is 21.2. The van der Waals surface area contributed by atoms with Crippen molar-refractivity contribution < 1.29 is 17.9 Å². The molecule has 1 saturated heterocycles. The van der Waals surface area contributed by atoms with Gasteiger partial charge in [-0.3, -0.25) is 9.36 Å². The van der Waals surface area contributed by atoms with Gasteiger partial charge in [-0.2, -0.15) is 9.23 Å². The molecule has 0 radical (unpaired) electrons. The summed E-state index contributed by atoms with van der Waals surface area (Å²) in [6, 6.07) is 19.3. The predicted octanol–water partition coefficient (Wildman–Crippen LogP) is 2.46. The average Bonchev–Trinajstić information content (AvgIpc) is 3.25. The molecule has 2 atom stereocenters. The van der Waals surface area contributed by atoms with Gasteiger partial charge in [0.25, 0.3) is 15.9 Å². The lowest BCUT2D eigenvalue weighted by molar-refractivity contribution is -0.134. The standard InChI is InChI=1S/C28H27N5O5S/c1-38-22-10-12-23(13-11-22)39(36,37)33-24-14-9-19(17-29)16-25(24)32(28(33)35)26(20-6-3-2-4-7-20)27(34)31-15-5-8-21(30)18-31/h2-4,6-7,9-14,16,21,26H,5,8,15,18,30H2,1H3. The molecule has 2 N–H and O–H groups in total. The normalized spacial score (nSPS) is 16.5. The third kappa shape index (κ3) is 4.69. The number of nitrogens with two attached hydrogens (primary N) is 1. The van der Waals surface area contributed by atoms with Crippen molar-refractivity contribution in [2.24, 2.45) is 5.73 Å². The van der Waals surface area contributed by atoms with E-state index >= 15 is 0 Å². The topological polar surface area (TPSA) is 140 Å². The third-order valence-electron chi connectivity index (χ3n) is 6.94. The Hall–Kier alpha value is -4.40. The largest absolute Gasteiger partial charge is 0.497 e. The van der Waals surface area contributed by atoms with Crippen LogP contribution in [0.25, 0.3) is 11.0 Å². The van der Waals surface area contributed by atoms with E-state index in [1.165, 1.54) is 54.1 Å². The molecule has 10 nitrogen and oxygen atoms in total. The number of carbonyl (C=O) groups excluding carboxylic acids is 1. The fourth-order valence-electron chi connectivity index (χ4n) is 5.02. The summed E-state index contributed by atoms with van der Waals surface area (Å²) >= 11 is 0. The van der Waals surface area contributed by atoms with E-state index in [-0.39, 0.29) is 33.4 Å². The molecule has 1 aliphatic rings. The Kier molecular flexibility index (Phi) is 6.99. The quantitative estimate of drug-likeness (QED) is 0.392. The highest BCUT2D eigenvalue weighted by atomic mass is 32.2. The zero-order valence-corrected chi connectivity index (χ0v) is 22.0. The number of fused-ring (bicyclic) bond motifs is 1. The van der Waals surface area contributed by atoms with Gasteiger partial charge in [-0.25, -0.2) is 13.2 Å². The van der Waals surface area contributed by atoms with Crippen molar-refractivity contribution in [1.82, 2.24) is 13.4 Å². The van der Waals surface area contributed by atoms with E-state index in [0.717, 1.165) is 12.8 Å². The first-order valence-corrected chi connectivity index (χ1v) is 13.9. The number of carbonyl (C=O) groups is 1. The minimum atomic E-state index is -4.40. The summed E-state index contributed by atoms with van der Waals surface area (Å²) in [7, 11) is -2.93. The molecule has 1 aliphatic heterocycles. The maximum absolute atomic E-state index is 14.1. The highest BCUT2D eigenvalue weighted by molar-refractivity contribution is 7.90. The molecule has 200 valence electrons. The van der Waals surface area contributed by atoms with Crippen molar-refractivity contribution in [2.75, 3.05) is 20.2 Å². The van der Waals surface area contributed by atoms with Crippen LogP contribution in [0, 0.1) is 11.3 Å². The van der Waals surface area contributed by atoms with Crippen LogP contribution in [0.2, 0.25) is 0 Å². The summed E-state index contributed by atoms with van der Waals surface area (Å²) in [6.07, 6.45) is 1.50. The average molecular weight is 546 g/mol. The second-order valence-corrected chi connectivity index (χ2v) is 11.2. The number of methoxy groups -OCH3 is 1. The molecule has 2 unspecified atom stereocenters. The Labute approximate surface area is 225 Å². The van der Waals surface area contributed by atoms with Gasteiger partial charge in [-0.15, -0.1) is 0 Å². The van der Waals surface area contributed by atoms with E-state index in [4.69, 9.17) is 10.5 Å². The van der Waals surface area contributed by atoms with Crippen LogP contribution in [0.3, 0.4) is 0 Å². The molecule has 1 fully saturated rings. The minimum Gasteiger partial charge on any atom is -0.497 e. The number of amides is 1. The van der Waals surface area contributed by atoms with Crippen LogP contribution in [-0.4, -0.2) is 54.0 Å². The molecule has 3 aromatic carbocycles. The first kappa shape index (κ1) is 26.2. The fraction of sp³-hybridized carbons (Fsp3) is 0.250. The van der Waals surface area contributed by atoms with E-state index in [1.807, 2.05) is 6.07 Å². The number of aromatic nitrogens is 2. The number of imidazole rings is 1. The Morgan fingerprint density at radius 1 is 1.08 bits per heavy atom.